The van der Waals surface area contributed by atoms with Crippen molar-refractivity contribution in [2.24, 2.45) is 0 Å². The van der Waals surface area contributed by atoms with Gasteiger partial charge in [-0.1, -0.05) is 144 Å². The molecule has 4 heteroatoms. The van der Waals surface area contributed by atoms with Gasteiger partial charge >= 0.3 is 0 Å². The van der Waals surface area contributed by atoms with Crippen molar-refractivity contribution in [1.82, 2.24) is 14.1 Å². The molecular weight excluding hydrogens is 873 g/mol. The smallest absolute Gasteiger partial charge is 0.212 e. The quantitative estimate of drug-likeness (QED) is 0.146. The molecule has 0 fully saturated rings. The van der Waals surface area contributed by atoms with E-state index in [1.54, 1.807) is 0 Å². The molecule has 0 aliphatic carbocycles. The summed E-state index contributed by atoms with van der Waals surface area (Å²) in [5.41, 5.74) is 27.8. The molecule has 0 atom stereocenters. The van der Waals surface area contributed by atoms with Gasteiger partial charge in [-0.2, -0.15) is 0 Å². The summed E-state index contributed by atoms with van der Waals surface area (Å²) in [5, 5.41) is 4.58. The van der Waals surface area contributed by atoms with E-state index in [0.717, 1.165) is 88.4 Å². The second-order valence-corrected chi connectivity index (χ2v) is 20.1. The van der Waals surface area contributed by atoms with Gasteiger partial charge in [-0.3, -0.25) is 4.98 Å². The molecule has 4 nitrogen and oxygen atoms in total. The van der Waals surface area contributed by atoms with Crippen molar-refractivity contribution in [2.45, 2.75) is 55.4 Å². The minimum absolute atomic E-state index is 0.557. The molecule has 9 aromatic carbocycles. The number of pyridine rings is 1. The Hall–Kier alpha value is -8.78. The fraction of sp³-hybridized carbons (Fsp3) is 0.118. The Morgan fingerprint density at radius 2 is 0.653 bits per heavy atom. The van der Waals surface area contributed by atoms with Gasteiger partial charge in [-0.05, 0) is 176 Å². The number of aryl methyl sites for hydroxylation is 8. The highest BCUT2D eigenvalue weighted by Crippen LogP contribution is 2.46. The SMILES string of the molecule is [C-]#[N+]c1cc(-n2c3cc(-c4ccc(C)cc4C)ccc3c3ccc(-c4ccc(C)cc4C)cc32)c(-c2ccncc2)cc1-n1c2cc(-c3ccc(C)cc3C)ccc2c2ccc(-c3ccc(C)cc3C)cc21. The summed E-state index contributed by atoms with van der Waals surface area (Å²) in [6.45, 7) is 26.5. The molecule has 0 aliphatic rings. The van der Waals surface area contributed by atoms with Crippen molar-refractivity contribution in [3.8, 4) is 67.0 Å². The van der Waals surface area contributed by atoms with Crippen LogP contribution in [0.4, 0.5) is 5.69 Å². The zero-order valence-electron chi connectivity index (χ0n) is 42.1. The van der Waals surface area contributed by atoms with Gasteiger partial charge < -0.3 is 9.13 Å². The van der Waals surface area contributed by atoms with Crippen LogP contribution in [0, 0.1) is 62.0 Å². The third-order valence-electron chi connectivity index (χ3n) is 15.0. The highest BCUT2D eigenvalue weighted by Gasteiger charge is 2.24. The predicted octanol–water partition coefficient (Wildman–Crippen LogP) is 18.6. The van der Waals surface area contributed by atoms with Crippen molar-refractivity contribution in [3.05, 3.63) is 238 Å². The van der Waals surface area contributed by atoms with E-state index in [1.165, 1.54) is 66.8 Å². The second-order valence-electron chi connectivity index (χ2n) is 20.1. The Morgan fingerprint density at radius 3 is 0.972 bits per heavy atom. The van der Waals surface area contributed by atoms with Crippen molar-refractivity contribution in [2.75, 3.05) is 0 Å². The van der Waals surface area contributed by atoms with Crippen LogP contribution in [0.2, 0.25) is 0 Å². The Kier molecular flexibility index (Phi) is 10.7. The van der Waals surface area contributed by atoms with Crippen molar-refractivity contribution in [3.63, 3.8) is 0 Å². The van der Waals surface area contributed by atoms with Crippen LogP contribution in [0.25, 0.3) is 115 Å². The van der Waals surface area contributed by atoms with Gasteiger partial charge in [0.15, 0.2) is 0 Å². The van der Waals surface area contributed by atoms with Crippen LogP contribution >= 0.6 is 0 Å². The van der Waals surface area contributed by atoms with Crippen LogP contribution in [-0.4, -0.2) is 14.1 Å². The summed E-state index contributed by atoms with van der Waals surface area (Å²) in [6.07, 6.45) is 3.74. The lowest BCUT2D eigenvalue weighted by atomic mass is 9.96. The third-order valence-corrected chi connectivity index (χ3v) is 15.0. The molecule has 346 valence electrons. The first-order valence-electron chi connectivity index (χ1n) is 24.9. The van der Waals surface area contributed by atoms with Crippen molar-refractivity contribution >= 4 is 49.3 Å². The van der Waals surface area contributed by atoms with Gasteiger partial charge in [0, 0.05) is 45.2 Å². The van der Waals surface area contributed by atoms with Gasteiger partial charge in [0.05, 0.1) is 34.3 Å². The molecule has 12 aromatic rings. The molecule has 3 heterocycles. The fourth-order valence-corrected chi connectivity index (χ4v) is 11.6. The maximum absolute atomic E-state index is 9.14. The van der Waals surface area contributed by atoms with Crippen LogP contribution in [0.1, 0.15) is 44.5 Å². The lowest BCUT2D eigenvalue weighted by Crippen LogP contribution is -2.02. The maximum Gasteiger partial charge on any atom is 0.212 e. The molecule has 0 radical (unpaired) electrons. The van der Waals surface area contributed by atoms with Crippen molar-refractivity contribution in [1.29, 1.82) is 0 Å². The molecule has 0 spiro atoms. The fourth-order valence-electron chi connectivity index (χ4n) is 11.6. The van der Waals surface area contributed by atoms with E-state index in [9.17, 15) is 0 Å². The lowest BCUT2D eigenvalue weighted by Gasteiger charge is -2.20. The van der Waals surface area contributed by atoms with Gasteiger partial charge in [0.2, 0.25) is 5.69 Å². The van der Waals surface area contributed by atoms with E-state index < -0.39 is 0 Å². The van der Waals surface area contributed by atoms with E-state index in [0.29, 0.717) is 5.69 Å². The van der Waals surface area contributed by atoms with Crippen LogP contribution in [-0.2, 0) is 0 Å². The van der Waals surface area contributed by atoms with E-state index in [4.69, 9.17) is 6.57 Å². The predicted molar refractivity (Wildman–Crippen MR) is 304 cm³/mol. The summed E-state index contributed by atoms with van der Waals surface area (Å²) in [4.78, 5) is 9.00. The molecule has 3 aromatic heterocycles. The Labute approximate surface area is 422 Å². The Bertz CT molecular complexity index is 4030. The summed E-state index contributed by atoms with van der Waals surface area (Å²) in [7, 11) is 0. The number of fused-ring (bicyclic) bond motifs is 6. The molecule has 0 saturated carbocycles. The first-order valence-corrected chi connectivity index (χ1v) is 24.9. The largest absolute Gasteiger partial charge is 0.319 e. The third kappa shape index (κ3) is 7.40. The molecule has 0 bridgehead atoms. The highest BCUT2D eigenvalue weighted by atomic mass is 15.0. The van der Waals surface area contributed by atoms with Crippen LogP contribution in [0.15, 0.2) is 182 Å². The standard InChI is InChI=1S/C68H54N4/c1-40-10-18-53(44(5)30-40)49-14-22-57-58-23-15-50(54-19-11-41(2)31-45(54)6)35-64(58)71(63(57)34-49)67-39-62(69-9)68(38-61(67)48-26-28-70-29-27-48)72-65-36-51(55-20-12-42(3)32-46(55)7)16-24-59(65)60-25-17-52(37-66(60)72)56-21-13-43(4)33-47(56)8/h10-39H,1-8H3. The molecule has 0 amide bonds. The average molecular weight is 927 g/mol. The molecular formula is C68H54N4. The molecule has 0 saturated heterocycles. The molecule has 0 unspecified atom stereocenters. The zero-order valence-corrected chi connectivity index (χ0v) is 42.1. The van der Waals surface area contributed by atoms with Crippen LogP contribution < -0.4 is 0 Å². The van der Waals surface area contributed by atoms with Crippen LogP contribution in [0.5, 0.6) is 0 Å². The number of nitrogens with zero attached hydrogens (tertiary/aromatic N) is 4. The first kappa shape index (κ1) is 44.4. The van der Waals surface area contributed by atoms with Gasteiger partial charge in [0.1, 0.15) is 0 Å². The average Bonchev–Trinajstić information content (AvgIpc) is 3.87. The second kappa shape index (κ2) is 17.3. The monoisotopic (exact) mass is 926 g/mol. The van der Waals surface area contributed by atoms with E-state index in [2.05, 4.69) is 244 Å². The Balaban J connectivity index is 1.19. The maximum atomic E-state index is 9.14. The number of rotatable bonds is 7. The van der Waals surface area contributed by atoms with Crippen molar-refractivity contribution < 1.29 is 0 Å². The lowest BCUT2D eigenvalue weighted by molar-refractivity contribution is 1.15. The molecule has 72 heavy (non-hydrogen) atoms. The highest BCUT2D eigenvalue weighted by molar-refractivity contribution is 6.14. The van der Waals surface area contributed by atoms with Gasteiger partial charge in [-0.25, -0.2) is 4.85 Å². The van der Waals surface area contributed by atoms with E-state index in [-0.39, 0.29) is 0 Å². The van der Waals surface area contributed by atoms with Gasteiger partial charge in [-0.15, -0.1) is 0 Å². The summed E-state index contributed by atoms with van der Waals surface area (Å²) in [6, 6.07) is 62.9. The normalized spacial score (nSPS) is 11.6. The van der Waals surface area contributed by atoms with E-state index >= 15 is 0 Å². The summed E-state index contributed by atoms with van der Waals surface area (Å²) >= 11 is 0. The summed E-state index contributed by atoms with van der Waals surface area (Å²) < 4.78 is 4.77. The molecule has 0 N–H and O–H groups in total. The number of aromatic nitrogens is 3. The number of hydrogen-bond donors (Lipinski definition) is 0. The number of benzene rings is 9. The number of hydrogen-bond acceptors (Lipinski definition) is 1. The Morgan fingerprint density at radius 1 is 0.319 bits per heavy atom. The molecule has 0 aliphatic heterocycles. The minimum atomic E-state index is 0.557. The zero-order chi connectivity index (χ0) is 49.5. The first-order chi connectivity index (χ1) is 34.9. The van der Waals surface area contributed by atoms with Gasteiger partial charge in [0.25, 0.3) is 0 Å². The molecule has 12 rings (SSSR count). The van der Waals surface area contributed by atoms with E-state index in [1.807, 2.05) is 12.4 Å². The topological polar surface area (TPSA) is 27.1 Å². The summed E-state index contributed by atoms with van der Waals surface area (Å²) in [5.74, 6) is 0. The minimum Gasteiger partial charge on any atom is -0.319 e. The van der Waals surface area contributed by atoms with Crippen LogP contribution in [0.3, 0.4) is 0 Å².